The van der Waals surface area contributed by atoms with Crippen LogP contribution < -0.4 is 10.1 Å². The van der Waals surface area contributed by atoms with Crippen molar-refractivity contribution in [2.24, 2.45) is 0 Å². The number of nitrogens with one attached hydrogen (secondary N) is 1. The van der Waals surface area contributed by atoms with Gasteiger partial charge in [0.1, 0.15) is 5.75 Å². The summed E-state index contributed by atoms with van der Waals surface area (Å²) in [6.45, 7) is 2.63. The van der Waals surface area contributed by atoms with Crippen LogP contribution in [-0.2, 0) is 23.9 Å². The average Bonchev–Trinajstić information content (AvgIpc) is 3.46. The number of amides is 2. The molecule has 2 aromatic rings. The van der Waals surface area contributed by atoms with Crippen molar-refractivity contribution in [3.05, 3.63) is 76.0 Å². The molecule has 1 N–H and O–H groups in total. The molecule has 1 atom stereocenters. The molecule has 0 spiro atoms. The minimum absolute atomic E-state index is 0.0466. The molecular formula is C27H27ClN2O6. The second-order valence-electron chi connectivity index (χ2n) is 8.48. The fourth-order valence-corrected chi connectivity index (χ4v) is 4.37. The van der Waals surface area contributed by atoms with Crippen LogP contribution in [0, 0.1) is 0 Å². The molecule has 2 amide bonds. The number of ether oxygens (including phenoxy) is 3. The van der Waals surface area contributed by atoms with Crippen molar-refractivity contribution in [3.63, 3.8) is 0 Å². The van der Waals surface area contributed by atoms with Gasteiger partial charge >= 0.3 is 5.97 Å². The van der Waals surface area contributed by atoms with Gasteiger partial charge in [0, 0.05) is 23.0 Å². The van der Waals surface area contributed by atoms with Crippen molar-refractivity contribution in [1.29, 1.82) is 0 Å². The first-order valence-electron chi connectivity index (χ1n) is 11.6. The molecule has 4 rings (SSSR count). The first-order chi connectivity index (χ1) is 17.4. The summed E-state index contributed by atoms with van der Waals surface area (Å²) in [5.74, 6) is -0.667. The molecule has 2 aliphatic heterocycles. The normalized spacial score (nSPS) is 18.6. The van der Waals surface area contributed by atoms with Gasteiger partial charge in [-0.25, -0.2) is 4.79 Å². The van der Waals surface area contributed by atoms with E-state index >= 15 is 0 Å². The van der Waals surface area contributed by atoms with Crippen molar-refractivity contribution in [2.75, 3.05) is 32.2 Å². The Hall–Kier alpha value is -3.62. The molecule has 2 aromatic carbocycles. The molecule has 9 heteroatoms. The van der Waals surface area contributed by atoms with Gasteiger partial charge in [0.2, 0.25) is 0 Å². The summed E-state index contributed by atoms with van der Waals surface area (Å²) in [7, 11) is 1.29. The molecule has 36 heavy (non-hydrogen) atoms. The number of carbonyl (C=O) groups excluding carboxylic acids is 3. The summed E-state index contributed by atoms with van der Waals surface area (Å²) in [6.07, 6.45) is 3.44. The Balaban J connectivity index is 1.44. The molecule has 0 bridgehead atoms. The van der Waals surface area contributed by atoms with Gasteiger partial charge in [-0.15, -0.1) is 0 Å². The number of benzene rings is 2. The lowest BCUT2D eigenvalue weighted by molar-refractivity contribution is -0.136. The quantitative estimate of drug-likeness (QED) is 0.422. The first-order valence-corrected chi connectivity index (χ1v) is 12.0. The number of esters is 1. The Bertz CT molecular complexity index is 1220. The number of methoxy groups -OCH3 is 1. The number of hydrogen-bond donors (Lipinski definition) is 1. The number of hydrogen-bond acceptors (Lipinski definition) is 6. The number of halogens is 1. The van der Waals surface area contributed by atoms with Crippen LogP contribution in [0.3, 0.4) is 0 Å². The monoisotopic (exact) mass is 510 g/mol. The molecule has 0 unspecified atom stereocenters. The van der Waals surface area contributed by atoms with Crippen LogP contribution in [0.5, 0.6) is 5.75 Å². The highest BCUT2D eigenvalue weighted by Gasteiger charge is 2.38. The summed E-state index contributed by atoms with van der Waals surface area (Å²) in [4.78, 5) is 39.5. The van der Waals surface area contributed by atoms with Gasteiger partial charge in [0.25, 0.3) is 11.8 Å². The molecule has 188 valence electrons. The number of nitrogens with zero attached hydrogens (tertiary/aromatic N) is 1. The molecule has 2 heterocycles. The number of carbonyl (C=O) groups is 3. The van der Waals surface area contributed by atoms with E-state index in [1.807, 2.05) is 0 Å². The van der Waals surface area contributed by atoms with Crippen LogP contribution in [0.4, 0.5) is 5.69 Å². The largest absolute Gasteiger partial charge is 0.484 e. The standard InChI is InChI=1S/C27H27ClN2O6/c1-17-25(27(33)34-2)23(26(32)30(17)15-22-7-4-12-35-22)13-18-8-10-21(11-9-18)36-16-24(31)29-20-6-3-5-19(28)14-20/h3,5-6,8-11,13-14,22H,4,7,12,15-16H2,1-2H3,(H,29,31)/b23-13-/t22-/m0/s1. The SMILES string of the molecule is COC(=O)C1=C(C)N(C[C@@H]2CCCO2)C(=O)/C1=C\c1ccc(OCC(=O)Nc2cccc(Cl)c2)cc1. The Labute approximate surface area is 214 Å². The van der Waals surface area contributed by atoms with Gasteiger partial charge in [-0.2, -0.15) is 0 Å². The van der Waals surface area contributed by atoms with E-state index in [0.29, 0.717) is 40.9 Å². The van der Waals surface area contributed by atoms with Gasteiger partial charge in [0.15, 0.2) is 6.61 Å². The highest BCUT2D eigenvalue weighted by Crippen LogP contribution is 2.33. The Kier molecular flexibility index (Phi) is 8.07. The number of rotatable bonds is 8. The highest BCUT2D eigenvalue weighted by molar-refractivity contribution is 6.30. The molecule has 1 saturated heterocycles. The van der Waals surface area contributed by atoms with Crippen LogP contribution in [0.25, 0.3) is 6.08 Å². The third-order valence-electron chi connectivity index (χ3n) is 5.98. The van der Waals surface area contributed by atoms with E-state index < -0.39 is 5.97 Å². The topological polar surface area (TPSA) is 94.2 Å². The zero-order valence-corrected chi connectivity index (χ0v) is 20.8. The van der Waals surface area contributed by atoms with E-state index in [1.165, 1.54) is 7.11 Å². The molecule has 0 saturated carbocycles. The fraction of sp³-hybridized carbons (Fsp3) is 0.296. The van der Waals surface area contributed by atoms with Crippen LogP contribution in [-0.4, -0.2) is 55.7 Å². The van der Waals surface area contributed by atoms with Crippen LogP contribution in [0.1, 0.15) is 25.3 Å². The predicted octanol–water partition coefficient (Wildman–Crippen LogP) is 4.21. The lowest BCUT2D eigenvalue weighted by Gasteiger charge is -2.21. The van der Waals surface area contributed by atoms with E-state index in [1.54, 1.807) is 66.4 Å². The van der Waals surface area contributed by atoms with Crippen LogP contribution in [0.2, 0.25) is 5.02 Å². The van der Waals surface area contributed by atoms with E-state index in [2.05, 4.69) is 5.32 Å². The molecule has 2 aliphatic rings. The van der Waals surface area contributed by atoms with E-state index in [4.69, 9.17) is 25.8 Å². The second-order valence-corrected chi connectivity index (χ2v) is 8.91. The molecule has 0 radical (unpaired) electrons. The first kappa shape index (κ1) is 25.5. The molecule has 0 aromatic heterocycles. The highest BCUT2D eigenvalue weighted by atomic mass is 35.5. The summed E-state index contributed by atoms with van der Waals surface area (Å²) in [5, 5.41) is 3.24. The lowest BCUT2D eigenvalue weighted by atomic mass is 10.0. The van der Waals surface area contributed by atoms with Crippen molar-refractivity contribution in [3.8, 4) is 5.75 Å². The van der Waals surface area contributed by atoms with Crippen LogP contribution >= 0.6 is 11.6 Å². The van der Waals surface area contributed by atoms with Gasteiger partial charge < -0.3 is 24.4 Å². The van der Waals surface area contributed by atoms with E-state index in [0.717, 1.165) is 12.8 Å². The average molecular weight is 511 g/mol. The number of allylic oxidation sites excluding steroid dienone is 1. The number of anilines is 1. The zero-order chi connectivity index (χ0) is 25.7. The van der Waals surface area contributed by atoms with Crippen molar-refractivity contribution < 1.29 is 28.6 Å². The molecule has 0 aliphatic carbocycles. The third-order valence-corrected chi connectivity index (χ3v) is 6.22. The van der Waals surface area contributed by atoms with Crippen LogP contribution in [0.15, 0.2) is 65.4 Å². The molecule has 1 fully saturated rings. The van der Waals surface area contributed by atoms with Gasteiger partial charge in [-0.1, -0.05) is 29.8 Å². The fourth-order valence-electron chi connectivity index (χ4n) is 4.18. The Morgan fingerprint density at radius 1 is 1.22 bits per heavy atom. The van der Waals surface area contributed by atoms with Gasteiger partial charge in [-0.3, -0.25) is 9.59 Å². The summed E-state index contributed by atoms with van der Waals surface area (Å²) >= 11 is 5.93. The summed E-state index contributed by atoms with van der Waals surface area (Å²) < 4.78 is 16.2. The third kappa shape index (κ3) is 5.95. The summed E-state index contributed by atoms with van der Waals surface area (Å²) in [6, 6.07) is 13.7. The minimum atomic E-state index is -0.562. The van der Waals surface area contributed by atoms with E-state index in [9.17, 15) is 14.4 Å². The lowest BCUT2D eigenvalue weighted by Crippen LogP contribution is -2.33. The Morgan fingerprint density at radius 3 is 2.67 bits per heavy atom. The zero-order valence-electron chi connectivity index (χ0n) is 20.1. The van der Waals surface area contributed by atoms with E-state index in [-0.39, 0.29) is 35.7 Å². The predicted molar refractivity (Wildman–Crippen MR) is 135 cm³/mol. The second kappa shape index (κ2) is 11.4. The molecule has 8 nitrogen and oxygen atoms in total. The van der Waals surface area contributed by atoms with Crippen molar-refractivity contribution >= 4 is 41.1 Å². The smallest absolute Gasteiger partial charge is 0.340 e. The van der Waals surface area contributed by atoms with Crippen molar-refractivity contribution in [1.82, 2.24) is 4.90 Å². The van der Waals surface area contributed by atoms with Gasteiger partial charge in [-0.05, 0) is 61.7 Å². The molecular weight excluding hydrogens is 484 g/mol. The summed E-state index contributed by atoms with van der Waals surface area (Å²) in [5.41, 5.74) is 2.35. The van der Waals surface area contributed by atoms with Gasteiger partial charge in [0.05, 0.1) is 30.9 Å². The van der Waals surface area contributed by atoms with Crippen molar-refractivity contribution in [2.45, 2.75) is 25.9 Å². The Morgan fingerprint density at radius 2 is 2.00 bits per heavy atom. The maximum absolute atomic E-state index is 13.2. The maximum Gasteiger partial charge on any atom is 0.340 e. The maximum atomic E-state index is 13.2. The minimum Gasteiger partial charge on any atom is -0.484 e.